The van der Waals surface area contributed by atoms with E-state index in [0.29, 0.717) is 32.1 Å². The number of carbonyl (C=O) groups excluding carboxylic acids is 1. The van der Waals surface area contributed by atoms with Gasteiger partial charge in [0.15, 0.2) is 11.0 Å². The number of rotatable bonds is 7. The maximum atomic E-state index is 12.3. The van der Waals surface area contributed by atoms with Crippen molar-refractivity contribution in [3.05, 3.63) is 24.3 Å². The van der Waals surface area contributed by atoms with Gasteiger partial charge in [-0.05, 0) is 38.1 Å². The molecule has 1 amide bonds. The van der Waals surface area contributed by atoms with Crippen LogP contribution in [0.4, 0.5) is 5.69 Å². The van der Waals surface area contributed by atoms with Gasteiger partial charge in [-0.25, -0.2) is 0 Å². The van der Waals surface area contributed by atoms with Crippen LogP contribution >= 0.6 is 11.8 Å². The zero-order valence-corrected chi connectivity index (χ0v) is 17.0. The average Bonchev–Trinajstić information content (AvgIpc) is 3.08. The fraction of sp³-hybridized carbons (Fsp3) is 0.526. The predicted octanol–water partition coefficient (Wildman–Crippen LogP) is 2.28. The minimum atomic E-state index is 0.122. The summed E-state index contributed by atoms with van der Waals surface area (Å²) < 4.78 is 7.24. The second-order valence-corrected chi connectivity index (χ2v) is 7.31. The number of hydrogen-bond acceptors (Lipinski definition) is 6. The fourth-order valence-corrected chi connectivity index (χ4v) is 3.95. The lowest BCUT2D eigenvalue weighted by Gasteiger charge is -2.26. The first-order chi connectivity index (χ1) is 13.1. The summed E-state index contributed by atoms with van der Waals surface area (Å²) in [6.07, 6.45) is 0. The number of thioether (sulfide) groups is 1. The summed E-state index contributed by atoms with van der Waals surface area (Å²) in [5.74, 6) is 1.30. The largest absolute Gasteiger partial charge is 0.378 e. The topological polar surface area (TPSA) is 63.5 Å². The van der Waals surface area contributed by atoms with Crippen LogP contribution in [0.3, 0.4) is 0 Å². The highest BCUT2D eigenvalue weighted by molar-refractivity contribution is 7.99. The molecule has 0 N–H and O–H groups in total. The maximum Gasteiger partial charge on any atom is 0.233 e. The number of morpholine rings is 1. The lowest BCUT2D eigenvalue weighted by Crippen LogP contribution is -2.41. The molecule has 1 aliphatic heterocycles. The van der Waals surface area contributed by atoms with Crippen LogP contribution < -0.4 is 4.90 Å². The van der Waals surface area contributed by atoms with Gasteiger partial charge in [-0.15, -0.1) is 10.2 Å². The van der Waals surface area contributed by atoms with Gasteiger partial charge in [-0.1, -0.05) is 11.8 Å². The Kier molecular flexibility index (Phi) is 6.73. The van der Waals surface area contributed by atoms with E-state index >= 15 is 0 Å². The number of hydrogen-bond donors (Lipinski definition) is 0. The smallest absolute Gasteiger partial charge is 0.233 e. The number of carbonyl (C=O) groups is 1. The molecule has 2 aromatic rings. The Bertz CT molecular complexity index is 752. The Morgan fingerprint density at radius 3 is 2.44 bits per heavy atom. The molecule has 8 heteroatoms. The van der Waals surface area contributed by atoms with E-state index in [0.717, 1.165) is 29.6 Å². The molecule has 0 bridgehead atoms. The normalized spacial score (nSPS) is 14.4. The van der Waals surface area contributed by atoms with Crippen LogP contribution in [0, 0.1) is 0 Å². The van der Waals surface area contributed by atoms with Crippen molar-refractivity contribution in [2.24, 2.45) is 7.05 Å². The number of benzene rings is 1. The van der Waals surface area contributed by atoms with E-state index in [1.54, 1.807) is 0 Å². The van der Waals surface area contributed by atoms with E-state index in [1.807, 2.05) is 16.5 Å². The van der Waals surface area contributed by atoms with Gasteiger partial charge in [0, 0.05) is 44.5 Å². The van der Waals surface area contributed by atoms with Gasteiger partial charge in [0.1, 0.15) is 0 Å². The molecule has 1 fully saturated rings. The second kappa shape index (κ2) is 9.23. The van der Waals surface area contributed by atoms with E-state index in [9.17, 15) is 4.79 Å². The summed E-state index contributed by atoms with van der Waals surface area (Å²) in [7, 11) is 1.94. The predicted molar refractivity (Wildman–Crippen MR) is 108 cm³/mol. The standard InChI is InChI=1S/C19H27N5O2S/c1-4-23(5-2)16-8-6-15(7-9-16)18-20-21-19(22(18)3)27-14-17(25)24-10-12-26-13-11-24/h6-9H,4-5,10-14H2,1-3H3. The van der Waals surface area contributed by atoms with Crippen LogP contribution in [0.25, 0.3) is 11.4 Å². The minimum Gasteiger partial charge on any atom is -0.378 e. The lowest BCUT2D eigenvalue weighted by molar-refractivity contribution is -0.132. The van der Waals surface area contributed by atoms with Gasteiger partial charge < -0.3 is 19.1 Å². The van der Waals surface area contributed by atoms with E-state index in [-0.39, 0.29) is 5.91 Å². The average molecular weight is 390 g/mol. The number of amides is 1. The Balaban J connectivity index is 1.65. The Hall–Kier alpha value is -2.06. The van der Waals surface area contributed by atoms with Crippen molar-refractivity contribution in [1.82, 2.24) is 19.7 Å². The third-order valence-electron chi connectivity index (χ3n) is 4.78. The van der Waals surface area contributed by atoms with Crippen molar-refractivity contribution < 1.29 is 9.53 Å². The van der Waals surface area contributed by atoms with E-state index in [2.05, 4.69) is 53.2 Å². The van der Waals surface area contributed by atoms with Crippen molar-refractivity contribution in [2.75, 3.05) is 50.0 Å². The zero-order valence-electron chi connectivity index (χ0n) is 16.2. The van der Waals surface area contributed by atoms with Crippen LogP contribution in [0.5, 0.6) is 0 Å². The monoisotopic (exact) mass is 389 g/mol. The fourth-order valence-electron chi connectivity index (χ4n) is 3.13. The maximum absolute atomic E-state index is 12.3. The van der Waals surface area contributed by atoms with Crippen LogP contribution in [0.2, 0.25) is 0 Å². The molecular formula is C19H27N5O2S. The van der Waals surface area contributed by atoms with E-state index < -0.39 is 0 Å². The van der Waals surface area contributed by atoms with Crippen LogP contribution in [0.1, 0.15) is 13.8 Å². The first-order valence-corrected chi connectivity index (χ1v) is 10.4. The van der Waals surface area contributed by atoms with Crippen molar-refractivity contribution >= 4 is 23.4 Å². The molecule has 1 aromatic carbocycles. The summed E-state index contributed by atoms with van der Waals surface area (Å²) in [5.41, 5.74) is 2.23. The van der Waals surface area contributed by atoms with Gasteiger partial charge in [-0.3, -0.25) is 4.79 Å². The lowest BCUT2D eigenvalue weighted by atomic mass is 10.2. The Labute approximate surface area is 164 Å². The molecule has 27 heavy (non-hydrogen) atoms. The minimum absolute atomic E-state index is 0.122. The van der Waals surface area contributed by atoms with Gasteiger partial charge >= 0.3 is 0 Å². The van der Waals surface area contributed by atoms with Crippen molar-refractivity contribution in [1.29, 1.82) is 0 Å². The highest BCUT2D eigenvalue weighted by Gasteiger charge is 2.19. The van der Waals surface area contributed by atoms with Crippen LogP contribution in [-0.4, -0.2) is 70.7 Å². The molecule has 0 unspecified atom stereocenters. The van der Waals surface area contributed by atoms with Crippen LogP contribution in [0.15, 0.2) is 29.4 Å². The number of aromatic nitrogens is 3. The molecule has 7 nitrogen and oxygen atoms in total. The SMILES string of the molecule is CCN(CC)c1ccc(-c2nnc(SCC(=O)N3CCOCC3)n2C)cc1. The van der Waals surface area contributed by atoms with Crippen molar-refractivity contribution in [3.63, 3.8) is 0 Å². The molecule has 0 spiro atoms. The molecule has 1 saturated heterocycles. The van der Waals surface area contributed by atoms with E-state index in [4.69, 9.17) is 4.74 Å². The highest BCUT2D eigenvalue weighted by atomic mass is 32.2. The van der Waals surface area contributed by atoms with Gasteiger partial charge in [0.2, 0.25) is 5.91 Å². The Morgan fingerprint density at radius 1 is 1.15 bits per heavy atom. The molecule has 1 aliphatic rings. The van der Waals surface area contributed by atoms with Crippen molar-refractivity contribution in [3.8, 4) is 11.4 Å². The quantitative estimate of drug-likeness (QED) is 0.677. The van der Waals surface area contributed by atoms with Crippen molar-refractivity contribution in [2.45, 2.75) is 19.0 Å². The Morgan fingerprint density at radius 2 is 1.81 bits per heavy atom. The molecule has 0 radical (unpaired) electrons. The molecule has 1 aromatic heterocycles. The number of ether oxygens (including phenoxy) is 1. The first kappa shape index (κ1) is 19.7. The molecule has 146 valence electrons. The highest BCUT2D eigenvalue weighted by Crippen LogP contribution is 2.25. The number of anilines is 1. The molecule has 2 heterocycles. The van der Waals surface area contributed by atoms with E-state index in [1.165, 1.54) is 17.4 Å². The molecule has 3 rings (SSSR count). The van der Waals surface area contributed by atoms with Gasteiger partial charge in [-0.2, -0.15) is 0 Å². The third kappa shape index (κ3) is 4.62. The summed E-state index contributed by atoms with van der Waals surface area (Å²) in [5, 5.41) is 9.34. The van der Waals surface area contributed by atoms with Gasteiger partial charge in [0.05, 0.1) is 19.0 Å². The molecule has 0 aliphatic carbocycles. The van der Waals surface area contributed by atoms with Gasteiger partial charge in [0.25, 0.3) is 0 Å². The zero-order chi connectivity index (χ0) is 19.2. The first-order valence-electron chi connectivity index (χ1n) is 9.37. The third-order valence-corrected chi connectivity index (χ3v) is 5.78. The summed E-state index contributed by atoms with van der Waals surface area (Å²) in [6, 6.07) is 8.38. The molecule has 0 saturated carbocycles. The summed E-state index contributed by atoms with van der Waals surface area (Å²) in [6.45, 7) is 8.85. The van der Waals surface area contributed by atoms with Crippen LogP contribution in [-0.2, 0) is 16.6 Å². The molecule has 0 atom stereocenters. The summed E-state index contributed by atoms with van der Waals surface area (Å²) >= 11 is 1.43. The second-order valence-electron chi connectivity index (χ2n) is 6.37. The number of nitrogens with zero attached hydrogens (tertiary/aromatic N) is 5. The summed E-state index contributed by atoms with van der Waals surface area (Å²) in [4.78, 5) is 16.5. The molecular weight excluding hydrogens is 362 g/mol.